The predicted molar refractivity (Wildman–Crippen MR) is 48.6 cm³/mol. The lowest BCUT2D eigenvalue weighted by Gasteiger charge is -2.01. The third kappa shape index (κ3) is 1.86. The van der Waals surface area contributed by atoms with Gasteiger partial charge in [0, 0.05) is 5.56 Å². The van der Waals surface area contributed by atoms with Crippen LogP contribution in [0.25, 0.3) is 5.76 Å². The average molecular weight is 164 g/mol. The van der Waals surface area contributed by atoms with Crippen LogP contribution in [0, 0.1) is 0 Å². The Balaban J connectivity index is 3.02. The van der Waals surface area contributed by atoms with E-state index >= 15 is 0 Å². The van der Waals surface area contributed by atoms with E-state index in [-0.39, 0.29) is 12.4 Å². The van der Waals surface area contributed by atoms with Crippen molar-refractivity contribution in [1.82, 2.24) is 0 Å². The minimum Gasteiger partial charge on any atom is -0.508 e. The first kappa shape index (κ1) is 8.81. The molecule has 0 heterocycles. The number of aliphatic hydroxyl groups is 2. The molecule has 1 aromatic carbocycles. The number of benzene rings is 1. The van der Waals surface area contributed by atoms with Gasteiger partial charge in [0.1, 0.15) is 5.76 Å². The summed E-state index contributed by atoms with van der Waals surface area (Å²) < 4.78 is 0. The van der Waals surface area contributed by atoms with Crippen LogP contribution >= 0.6 is 0 Å². The van der Waals surface area contributed by atoms with Crippen molar-refractivity contribution >= 4 is 5.76 Å². The second kappa shape index (κ2) is 3.93. The normalized spacial score (nSPS) is 11.7. The highest BCUT2D eigenvalue weighted by Gasteiger charge is 1.97. The van der Waals surface area contributed by atoms with Gasteiger partial charge in [0.05, 0.1) is 6.61 Å². The van der Waals surface area contributed by atoms with Gasteiger partial charge in [-0.3, -0.25) is 0 Å². The molecule has 0 saturated heterocycles. The van der Waals surface area contributed by atoms with Crippen molar-refractivity contribution in [3.63, 3.8) is 0 Å². The summed E-state index contributed by atoms with van der Waals surface area (Å²) in [7, 11) is 0. The quantitative estimate of drug-likeness (QED) is 0.657. The molecule has 0 fully saturated rings. The van der Waals surface area contributed by atoms with E-state index in [1.54, 1.807) is 31.2 Å². The van der Waals surface area contributed by atoms with Gasteiger partial charge in [-0.15, -0.1) is 0 Å². The van der Waals surface area contributed by atoms with E-state index in [9.17, 15) is 5.11 Å². The molecule has 2 heteroatoms. The van der Waals surface area contributed by atoms with Crippen LogP contribution in [-0.2, 0) is 6.61 Å². The Kier molecular flexibility index (Phi) is 2.88. The largest absolute Gasteiger partial charge is 0.508 e. The van der Waals surface area contributed by atoms with E-state index in [4.69, 9.17) is 5.11 Å². The van der Waals surface area contributed by atoms with Crippen molar-refractivity contribution < 1.29 is 10.2 Å². The maximum atomic E-state index is 9.33. The number of hydrogen-bond donors (Lipinski definition) is 2. The molecule has 0 saturated carbocycles. The first-order chi connectivity index (χ1) is 5.77. The van der Waals surface area contributed by atoms with Crippen LogP contribution < -0.4 is 0 Å². The highest BCUT2D eigenvalue weighted by atomic mass is 16.3. The number of hydrogen-bond acceptors (Lipinski definition) is 2. The fraction of sp³-hybridized carbons (Fsp3) is 0.200. The lowest BCUT2D eigenvalue weighted by molar-refractivity contribution is 0.282. The zero-order chi connectivity index (χ0) is 8.97. The summed E-state index contributed by atoms with van der Waals surface area (Å²) in [5.74, 6) is 0.241. The molecule has 0 amide bonds. The van der Waals surface area contributed by atoms with E-state index in [1.807, 2.05) is 6.07 Å². The van der Waals surface area contributed by atoms with Crippen LogP contribution in [0.4, 0.5) is 0 Å². The molecule has 0 radical (unpaired) electrons. The Morgan fingerprint density at radius 1 is 1.50 bits per heavy atom. The Hall–Kier alpha value is -1.28. The van der Waals surface area contributed by atoms with Gasteiger partial charge in [-0.2, -0.15) is 0 Å². The molecule has 0 aliphatic carbocycles. The van der Waals surface area contributed by atoms with Crippen LogP contribution in [-0.4, -0.2) is 10.2 Å². The highest BCUT2D eigenvalue weighted by molar-refractivity contribution is 5.58. The molecule has 64 valence electrons. The molecule has 0 spiro atoms. The molecule has 1 aromatic rings. The number of rotatable bonds is 2. The van der Waals surface area contributed by atoms with Gasteiger partial charge in [0.15, 0.2) is 0 Å². The van der Waals surface area contributed by atoms with Crippen LogP contribution in [0.15, 0.2) is 30.3 Å². The molecule has 0 aliphatic heterocycles. The second-order valence-corrected chi connectivity index (χ2v) is 2.53. The van der Waals surface area contributed by atoms with Gasteiger partial charge >= 0.3 is 0 Å². The zero-order valence-corrected chi connectivity index (χ0v) is 6.99. The number of allylic oxidation sites excluding steroid dienone is 1. The van der Waals surface area contributed by atoms with Gasteiger partial charge < -0.3 is 10.2 Å². The molecule has 2 nitrogen and oxygen atoms in total. The van der Waals surface area contributed by atoms with Gasteiger partial charge in [-0.05, 0) is 24.6 Å². The topological polar surface area (TPSA) is 40.5 Å². The summed E-state index contributed by atoms with van der Waals surface area (Å²) in [6.45, 7) is 1.77. The lowest BCUT2D eigenvalue weighted by Crippen LogP contribution is -1.86. The van der Waals surface area contributed by atoms with Crippen molar-refractivity contribution in [2.24, 2.45) is 0 Å². The molecule has 0 atom stereocenters. The summed E-state index contributed by atoms with van der Waals surface area (Å²) in [4.78, 5) is 0. The highest BCUT2D eigenvalue weighted by Crippen LogP contribution is 2.12. The van der Waals surface area contributed by atoms with E-state index in [0.29, 0.717) is 0 Å². The first-order valence-electron chi connectivity index (χ1n) is 3.83. The Bertz CT molecular complexity index is 290. The minimum absolute atomic E-state index is 0.00480. The molecular formula is C10H12O2. The minimum atomic E-state index is 0.00480. The predicted octanol–water partition coefficient (Wildman–Crippen LogP) is 2.10. The molecule has 2 N–H and O–H groups in total. The smallest absolute Gasteiger partial charge is 0.118 e. The van der Waals surface area contributed by atoms with E-state index in [2.05, 4.69) is 0 Å². The van der Waals surface area contributed by atoms with Crippen LogP contribution in [0.1, 0.15) is 18.1 Å². The summed E-state index contributed by atoms with van der Waals surface area (Å²) in [5, 5.41) is 18.1. The van der Waals surface area contributed by atoms with E-state index in [0.717, 1.165) is 11.1 Å². The van der Waals surface area contributed by atoms with Crippen molar-refractivity contribution in [1.29, 1.82) is 0 Å². The maximum absolute atomic E-state index is 9.33. The third-order valence-electron chi connectivity index (χ3n) is 1.68. The summed E-state index contributed by atoms with van der Waals surface area (Å²) in [5.41, 5.74) is 1.55. The molecule has 12 heavy (non-hydrogen) atoms. The van der Waals surface area contributed by atoms with Crippen molar-refractivity contribution in [3.8, 4) is 0 Å². The van der Waals surface area contributed by atoms with Gasteiger partial charge in [0.25, 0.3) is 0 Å². The molecule has 0 bridgehead atoms. The van der Waals surface area contributed by atoms with E-state index < -0.39 is 0 Å². The standard InChI is InChI=1S/C10H12O2/c1-2-10(12)9-5-3-4-8(6-9)7-11/h2-6,11-12H,7H2,1H3/b10-2-. The summed E-state index contributed by atoms with van der Waals surface area (Å²) >= 11 is 0. The molecular weight excluding hydrogens is 152 g/mol. The zero-order valence-electron chi connectivity index (χ0n) is 6.99. The lowest BCUT2D eigenvalue weighted by atomic mass is 10.1. The Labute approximate surface area is 71.8 Å². The molecule has 0 unspecified atom stereocenters. The van der Waals surface area contributed by atoms with Crippen molar-refractivity contribution in [2.45, 2.75) is 13.5 Å². The molecule has 0 aliphatic rings. The maximum Gasteiger partial charge on any atom is 0.118 e. The Morgan fingerprint density at radius 2 is 2.25 bits per heavy atom. The average Bonchev–Trinajstić information content (AvgIpc) is 2.17. The fourth-order valence-electron chi connectivity index (χ4n) is 0.996. The second-order valence-electron chi connectivity index (χ2n) is 2.53. The van der Waals surface area contributed by atoms with Crippen molar-refractivity contribution in [2.75, 3.05) is 0 Å². The van der Waals surface area contributed by atoms with Crippen LogP contribution in [0.5, 0.6) is 0 Å². The van der Waals surface area contributed by atoms with Crippen molar-refractivity contribution in [3.05, 3.63) is 41.5 Å². The third-order valence-corrected chi connectivity index (χ3v) is 1.68. The van der Waals surface area contributed by atoms with Gasteiger partial charge in [-0.25, -0.2) is 0 Å². The molecule has 1 rings (SSSR count). The van der Waals surface area contributed by atoms with E-state index in [1.165, 1.54) is 0 Å². The molecule has 0 aromatic heterocycles. The Morgan fingerprint density at radius 3 is 2.83 bits per heavy atom. The van der Waals surface area contributed by atoms with Crippen LogP contribution in [0.3, 0.4) is 0 Å². The monoisotopic (exact) mass is 164 g/mol. The number of aliphatic hydroxyl groups excluding tert-OH is 2. The fourth-order valence-corrected chi connectivity index (χ4v) is 0.996. The van der Waals surface area contributed by atoms with Gasteiger partial charge in [0.2, 0.25) is 0 Å². The summed E-state index contributed by atoms with van der Waals surface area (Å²) in [6.07, 6.45) is 1.62. The van der Waals surface area contributed by atoms with Gasteiger partial charge in [-0.1, -0.05) is 18.2 Å². The SMILES string of the molecule is C/C=C(\O)c1cccc(CO)c1. The van der Waals surface area contributed by atoms with Crippen LogP contribution in [0.2, 0.25) is 0 Å². The summed E-state index contributed by atoms with van der Waals surface area (Å²) in [6, 6.07) is 7.18. The first-order valence-corrected chi connectivity index (χ1v) is 3.83.